The maximum Gasteiger partial charge on any atom is 0.145 e. The monoisotopic (exact) mass is 239 g/mol. The molecule has 0 aliphatic carbocycles. The van der Waals surface area contributed by atoms with Crippen LogP contribution in [0.4, 0.5) is 5.69 Å². The Morgan fingerprint density at radius 2 is 1.94 bits per heavy atom. The Morgan fingerprint density at radius 3 is 2.59 bits per heavy atom. The molecule has 96 valence electrons. The van der Waals surface area contributed by atoms with Gasteiger partial charge < -0.3 is 19.9 Å². The lowest BCUT2D eigenvalue weighted by Gasteiger charge is -2.12. The predicted octanol–water partition coefficient (Wildman–Crippen LogP) is 2.28. The number of nitrogens with one attached hydrogen (secondary N) is 1. The van der Waals surface area contributed by atoms with Gasteiger partial charge in [0, 0.05) is 19.2 Å². The first-order valence-corrected chi connectivity index (χ1v) is 5.88. The Morgan fingerprint density at radius 1 is 1.12 bits per heavy atom. The van der Waals surface area contributed by atoms with Crippen LogP contribution >= 0.6 is 0 Å². The van der Waals surface area contributed by atoms with Gasteiger partial charge in [0.1, 0.15) is 11.5 Å². The first-order chi connectivity index (χ1) is 8.31. The van der Waals surface area contributed by atoms with Crippen molar-refractivity contribution in [2.75, 3.05) is 32.7 Å². The van der Waals surface area contributed by atoms with E-state index < -0.39 is 0 Å². The Balaban J connectivity index is 2.46. The molecule has 0 aliphatic rings. The number of rotatable bonds is 8. The van der Waals surface area contributed by atoms with E-state index in [1.54, 1.807) is 14.2 Å². The molecular weight excluding hydrogens is 218 g/mol. The van der Waals surface area contributed by atoms with Crippen LogP contribution in [0.5, 0.6) is 11.5 Å². The first-order valence-electron chi connectivity index (χ1n) is 5.88. The highest BCUT2D eigenvalue weighted by atomic mass is 16.5. The van der Waals surface area contributed by atoms with Crippen LogP contribution in [0.1, 0.15) is 19.3 Å². The maximum absolute atomic E-state index is 8.67. The Kier molecular flexibility index (Phi) is 6.25. The summed E-state index contributed by atoms with van der Waals surface area (Å²) in [6.07, 6.45) is 2.93. The molecule has 0 aromatic heterocycles. The molecule has 0 amide bonds. The molecule has 0 unspecified atom stereocenters. The van der Waals surface area contributed by atoms with Crippen LogP contribution in [-0.2, 0) is 0 Å². The largest absolute Gasteiger partial charge is 0.497 e. The van der Waals surface area contributed by atoms with E-state index in [0.717, 1.165) is 43.0 Å². The zero-order valence-corrected chi connectivity index (χ0v) is 10.5. The van der Waals surface area contributed by atoms with E-state index in [0.29, 0.717) is 0 Å². The van der Waals surface area contributed by atoms with Crippen LogP contribution in [0.15, 0.2) is 18.2 Å². The van der Waals surface area contributed by atoms with Crippen molar-refractivity contribution < 1.29 is 14.6 Å². The van der Waals surface area contributed by atoms with Crippen LogP contribution in [0.2, 0.25) is 0 Å². The smallest absolute Gasteiger partial charge is 0.145 e. The van der Waals surface area contributed by atoms with Crippen molar-refractivity contribution >= 4 is 5.69 Å². The van der Waals surface area contributed by atoms with Crippen molar-refractivity contribution in [2.45, 2.75) is 19.3 Å². The number of methoxy groups -OCH3 is 2. The molecule has 0 heterocycles. The third-order valence-electron chi connectivity index (χ3n) is 2.56. The van der Waals surface area contributed by atoms with Crippen molar-refractivity contribution in [3.05, 3.63) is 18.2 Å². The fourth-order valence-electron chi connectivity index (χ4n) is 1.58. The van der Waals surface area contributed by atoms with E-state index >= 15 is 0 Å². The topological polar surface area (TPSA) is 50.7 Å². The molecule has 4 nitrogen and oxygen atoms in total. The van der Waals surface area contributed by atoms with Gasteiger partial charge in [-0.1, -0.05) is 0 Å². The summed E-state index contributed by atoms with van der Waals surface area (Å²) in [5.41, 5.74) is 0.970. The summed E-state index contributed by atoms with van der Waals surface area (Å²) in [5, 5.41) is 12.0. The molecule has 0 saturated heterocycles. The second-order valence-corrected chi connectivity index (χ2v) is 3.78. The number of anilines is 1. The molecule has 1 aromatic carbocycles. The average molecular weight is 239 g/mol. The molecule has 0 aliphatic heterocycles. The van der Waals surface area contributed by atoms with Gasteiger partial charge >= 0.3 is 0 Å². The van der Waals surface area contributed by atoms with Gasteiger partial charge in [-0.25, -0.2) is 0 Å². The number of hydrogen-bond acceptors (Lipinski definition) is 4. The lowest BCUT2D eigenvalue weighted by atomic mass is 10.2. The third kappa shape index (κ3) is 4.53. The van der Waals surface area contributed by atoms with Crippen molar-refractivity contribution in [1.82, 2.24) is 0 Å². The molecule has 1 rings (SSSR count). The average Bonchev–Trinajstić information content (AvgIpc) is 2.38. The Labute approximate surface area is 103 Å². The number of ether oxygens (including phenoxy) is 2. The molecule has 1 aromatic rings. The highest BCUT2D eigenvalue weighted by molar-refractivity contribution is 5.59. The maximum atomic E-state index is 8.67. The predicted molar refractivity (Wildman–Crippen MR) is 69.0 cm³/mol. The third-order valence-corrected chi connectivity index (χ3v) is 2.56. The van der Waals surface area contributed by atoms with E-state index in [9.17, 15) is 0 Å². The summed E-state index contributed by atoms with van der Waals surface area (Å²) in [4.78, 5) is 0. The van der Waals surface area contributed by atoms with Crippen molar-refractivity contribution in [3.63, 3.8) is 0 Å². The normalized spacial score (nSPS) is 10.1. The van der Waals surface area contributed by atoms with E-state index in [1.807, 2.05) is 18.2 Å². The van der Waals surface area contributed by atoms with E-state index in [-0.39, 0.29) is 6.61 Å². The molecule has 2 N–H and O–H groups in total. The number of benzene rings is 1. The molecule has 0 atom stereocenters. The first kappa shape index (κ1) is 13.6. The van der Waals surface area contributed by atoms with Crippen LogP contribution < -0.4 is 14.8 Å². The van der Waals surface area contributed by atoms with Crippen molar-refractivity contribution in [1.29, 1.82) is 0 Å². The fourth-order valence-corrected chi connectivity index (χ4v) is 1.58. The molecule has 0 bridgehead atoms. The summed E-state index contributed by atoms with van der Waals surface area (Å²) < 4.78 is 10.4. The van der Waals surface area contributed by atoms with E-state index in [1.165, 1.54) is 0 Å². The molecule has 0 saturated carbocycles. The van der Waals surface area contributed by atoms with Crippen molar-refractivity contribution in [2.24, 2.45) is 0 Å². The van der Waals surface area contributed by atoms with Gasteiger partial charge in [-0.05, 0) is 31.4 Å². The number of unbranched alkanes of at least 4 members (excludes halogenated alkanes) is 2. The second-order valence-electron chi connectivity index (χ2n) is 3.78. The second kappa shape index (κ2) is 7.79. The van der Waals surface area contributed by atoms with Crippen LogP contribution in [0.3, 0.4) is 0 Å². The number of hydrogen-bond donors (Lipinski definition) is 2. The fraction of sp³-hybridized carbons (Fsp3) is 0.538. The summed E-state index contributed by atoms with van der Waals surface area (Å²) in [5.74, 6) is 1.57. The number of aliphatic hydroxyl groups is 1. The van der Waals surface area contributed by atoms with Crippen LogP contribution in [0.25, 0.3) is 0 Å². The molecule has 4 heteroatoms. The van der Waals surface area contributed by atoms with E-state index in [4.69, 9.17) is 14.6 Å². The standard InChI is InChI=1S/C13H21NO3/c1-16-11-6-7-12(13(10-11)17-2)14-8-4-3-5-9-15/h6-7,10,14-15H,3-5,8-9H2,1-2H3. The van der Waals surface area contributed by atoms with Gasteiger partial charge in [0.2, 0.25) is 0 Å². The minimum absolute atomic E-state index is 0.270. The lowest BCUT2D eigenvalue weighted by molar-refractivity contribution is 0.283. The van der Waals surface area contributed by atoms with Gasteiger partial charge in [0.25, 0.3) is 0 Å². The van der Waals surface area contributed by atoms with Crippen LogP contribution in [-0.4, -0.2) is 32.5 Å². The molecule has 0 spiro atoms. The van der Waals surface area contributed by atoms with Gasteiger partial charge in [0.05, 0.1) is 19.9 Å². The summed E-state index contributed by atoms with van der Waals surface area (Å²) in [6.45, 7) is 1.15. The number of aliphatic hydroxyl groups excluding tert-OH is 1. The SMILES string of the molecule is COc1ccc(NCCCCCO)c(OC)c1. The van der Waals surface area contributed by atoms with Gasteiger partial charge in [-0.3, -0.25) is 0 Å². The van der Waals surface area contributed by atoms with Gasteiger partial charge in [-0.15, -0.1) is 0 Å². The van der Waals surface area contributed by atoms with Gasteiger partial charge in [-0.2, -0.15) is 0 Å². The minimum Gasteiger partial charge on any atom is -0.497 e. The molecule has 0 radical (unpaired) electrons. The Bertz CT molecular complexity index is 328. The quantitative estimate of drug-likeness (QED) is 0.683. The highest BCUT2D eigenvalue weighted by Crippen LogP contribution is 2.28. The summed E-state index contributed by atoms with van der Waals surface area (Å²) in [6, 6.07) is 5.71. The summed E-state index contributed by atoms with van der Waals surface area (Å²) in [7, 11) is 3.28. The minimum atomic E-state index is 0.270. The zero-order chi connectivity index (χ0) is 12.5. The van der Waals surface area contributed by atoms with Crippen molar-refractivity contribution in [3.8, 4) is 11.5 Å². The van der Waals surface area contributed by atoms with E-state index in [2.05, 4.69) is 5.32 Å². The highest BCUT2D eigenvalue weighted by Gasteiger charge is 2.03. The summed E-state index contributed by atoms with van der Waals surface area (Å²) >= 11 is 0. The molecular formula is C13H21NO3. The van der Waals surface area contributed by atoms with Crippen LogP contribution in [0, 0.1) is 0 Å². The lowest BCUT2D eigenvalue weighted by Crippen LogP contribution is -2.03. The zero-order valence-electron chi connectivity index (χ0n) is 10.5. The molecule has 17 heavy (non-hydrogen) atoms. The molecule has 0 fully saturated rings. The Hall–Kier alpha value is -1.42. The van der Waals surface area contributed by atoms with Gasteiger partial charge in [0.15, 0.2) is 0 Å².